The Morgan fingerprint density at radius 3 is 3.00 bits per heavy atom. The third-order valence-electron chi connectivity index (χ3n) is 2.33. The molecule has 4 heteroatoms. The minimum Gasteiger partial charge on any atom is -0.340 e. The maximum atomic E-state index is 11.2. The number of nitrogens with zero attached hydrogens (tertiary/aromatic N) is 1. The molecule has 12 heavy (non-hydrogen) atoms. The number of carbonyl (C=O) groups excluding carboxylic acids is 1. The van der Waals surface area contributed by atoms with Gasteiger partial charge in [0.15, 0.2) is 0 Å². The van der Waals surface area contributed by atoms with Crippen LogP contribution in [-0.2, 0) is 4.79 Å². The van der Waals surface area contributed by atoms with Crippen molar-refractivity contribution in [3.05, 3.63) is 0 Å². The number of hydrogen-bond acceptors (Lipinski definition) is 2. The molecule has 1 aliphatic heterocycles. The molecule has 0 bridgehead atoms. The summed E-state index contributed by atoms with van der Waals surface area (Å²) in [5.41, 5.74) is 0. The van der Waals surface area contributed by atoms with E-state index in [0.717, 1.165) is 25.9 Å². The predicted octanol–water partition coefficient (Wildman–Crippen LogP) is 0.436. The van der Waals surface area contributed by atoms with Gasteiger partial charge < -0.3 is 10.2 Å². The molecule has 0 saturated carbocycles. The van der Waals surface area contributed by atoms with Gasteiger partial charge in [0.1, 0.15) is 5.88 Å². The van der Waals surface area contributed by atoms with Gasteiger partial charge in [-0.05, 0) is 19.4 Å². The van der Waals surface area contributed by atoms with Gasteiger partial charge >= 0.3 is 0 Å². The lowest BCUT2D eigenvalue weighted by Crippen LogP contribution is -2.47. The summed E-state index contributed by atoms with van der Waals surface area (Å²) in [6, 6.07) is 0.338. The summed E-state index contributed by atoms with van der Waals surface area (Å²) >= 11 is 5.45. The molecule has 1 heterocycles. The minimum atomic E-state index is 0.0189. The number of rotatable bonds is 2. The Morgan fingerprint density at radius 2 is 2.50 bits per heavy atom. The van der Waals surface area contributed by atoms with E-state index in [1.54, 1.807) is 4.90 Å². The van der Waals surface area contributed by atoms with Gasteiger partial charge in [-0.3, -0.25) is 4.79 Å². The second-order valence-corrected chi connectivity index (χ2v) is 3.41. The van der Waals surface area contributed by atoms with Gasteiger partial charge in [0.25, 0.3) is 0 Å². The van der Waals surface area contributed by atoms with Crippen molar-refractivity contribution < 1.29 is 4.79 Å². The summed E-state index contributed by atoms with van der Waals surface area (Å²) in [5.74, 6) is 0.109. The summed E-state index contributed by atoms with van der Waals surface area (Å²) < 4.78 is 0. The van der Waals surface area contributed by atoms with E-state index >= 15 is 0 Å². The van der Waals surface area contributed by atoms with Crippen LogP contribution >= 0.6 is 11.6 Å². The SMILES string of the molecule is CN(C(=O)CCl)[C@H]1CCCNC1. The Kier molecular flexibility index (Phi) is 3.82. The first kappa shape index (κ1) is 9.81. The van der Waals surface area contributed by atoms with Crippen LogP contribution in [0, 0.1) is 0 Å². The fourth-order valence-corrected chi connectivity index (χ4v) is 1.65. The lowest BCUT2D eigenvalue weighted by molar-refractivity contribution is -0.129. The highest BCUT2D eigenvalue weighted by molar-refractivity contribution is 6.27. The van der Waals surface area contributed by atoms with Gasteiger partial charge in [0.05, 0.1) is 0 Å². The van der Waals surface area contributed by atoms with E-state index in [1.807, 2.05) is 7.05 Å². The van der Waals surface area contributed by atoms with Crippen LogP contribution in [0.1, 0.15) is 12.8 Å². The molecule has 1 rings (SSSR count). The van der Waals surface area contributed by atoms with Gasteiger partial charge in [0, 0.05) is 19.6 Å². The molecule has 1 atom stereocenters. The maximum absolute atomic E-state index is 11.2. The fourth-order valence-electron chi connectivity index (χ4n) is 1.46. The molecule has 0 aromatic carbocycles. The maximum Gasteiger partial charge on any atom is 0.237 e. The number of carbonyl (C=O) groups is 1. The molecule has 1 saturated heterocycles. The molecule has 1 N–H and O–H groups in total. The van der Waals surface area contributed by atoms with E-state index in [-0.39, 0.29) is 11.8 Å². The van der Waals surface area contributed by atoms with Crippen LogP contribution in [0.3, 0.4) is 0 Å². The third kappa shape index (κ3) is 2.35. The third-order valence-corrected chi connectivity index (χ3v) is 2.55. The van der Waals surface area contributed by atoms with Gasteiger partial charge in [-0.15, -0.1) is 11.6 Å². The quantitative estimate of drug-likeness (QED) is 0.641. The van der Waals surface area contributed by atoms with Crippen LogP contribution in [-0.4, -0.2) is 42.9 Å². The van der Waals surface area contributed by atoms with E-state index in [1.165, 1.54) is 0 Å². The largest absolute Gasteiger partial charge is 0.340 e. The first-order valence-electron chi connectivity index (χ1n) is 4.28. The summed E-state index contributed by atoms with van der Waals surface area (Å²) in [6.45, 7) is 1.97. The van der Waals surface area contributed by atoms with Crippen LogP contribution in [0.15, 0.2) is 0 Å². The molecule has 0 spiro atoms. The molecule has 0 radical (unpaired) electrons. The highest BCUT2D eigenvalue weighted by Gasteiger charge is 2.20. The van der Waals surface area contributed by atoms with E-state index in [2.05, 4.69) is 5.32 Å². The highest BCUT2D eigenvalue weighted by Crippen LogP contribution is 2.08. The van der Waals surface area contributed by atoms with E-state index in [0.29, 0.717) is 6.04 Å². The van der Waals surface area contributed by atoms with Crippen LogP contribution < -0.4 is 5.32 Å². The number of hydrogen-bond donors (Lipinski definition) is 1. The average Bonchev–Trinajstić information content (AvgIpc) is 2.17. The first-order chi connectivity index (χ1) is 5.75. The van der Waals surface area contributed by atoms with Gasteiger partial charge in [-0.2, -0.15) is 0 Å². The van der Waals surface area contributed by atoms with E-state index < -0.39 is 0 Å². The fraction of sp³-hybridized carbons (Fsp3) is 0.875. The second-order valence-electron chi connectivity index (χ2n) is 3.14. The molecule has 0 aromatic heterocycles. The monoisotopic (exact) mass is 190 g/mol. The zero-order chi connectivity index (χ0) is 8.97. The van der Waals surface area contributed by atoms with Crippen molar-refractivity contribution in [3.63, 3.8) is 0 Å². The van der Waals surface area contributed by atoms with Crippen molar-refractivity contribution in [2.24, 2.45) is 0 Å². The Hall–Kier alpha value is -0.280. The Morgan fingerprint density at radius 1 is 1.75 bits per heavy atom. The van der Waals surface area contributed by atoms with E-state index in [4.69, 9.17) is 11.6 Å². The molecular formula is C8H15ClN2O. The normalized spacial score (nSPS) is 23.7. The van der Waals surface area contributed by atoms with Crippen molar-refractivity contribution in [1.82, 2.24) is 10.2 Å². The van der Waals surface area contributed by atoms with Crippen molar-refractivity contribution in [2.75, 3.05) is 26.0 Å². The highest BCUT2D eigenvalue weighted by atomic mass is 35.5. The van der Waals surface area contributed by atoms with Crippen LogP contribution in [0.5, 0.6) is 0 Å². The molecule has 3 nitrogen and oxygen atoms in total. The zero-order valence-electron chi connectivity index (χ0n) is 7.35. The molecule has 0 unspecified atom stereocenters. The van der Waals surface area contributed by atoms with E-state index in [9.17, 15) is 4.79 Å². The second kappa shape index (κ2) is 4.67. The Balaban J connectivity index is 2.39. The minimum absolute atomic E-state index is 0.0189. The summed E-state index contributed by atoms with van der Waals surface area (Å²) in [4.78, 5) is 12.9. The lowest BCUT2D eigenvalue weighted by Gasteiger charge is -2.31. The number of halogens is 1. The topological polar surface area (TPSA) is 32.3 Å². The average molecular weight is 191 g/mol. The molecule has 0 aromatic rings. The molecule has 1 aliphatic rings. The molecule has 70 valence electrons. The number of piperidine rings is 1. The van der Waals surface area contributed by atoms with Gasteiger partial charge in [0.2, 0.25) is 5.91 Å². The summed E-state index contributed by atoms with van der Waals surface area (Å²) in [7, 11) is 1.82. The van der Waals surface area contributed by atoms with Crippen LogP contribution in [0.2, 0.25) is 0 Å². The lowest BCUT2D eigenvalue weighted by atomic mass is 10.1. The van der Waals surface area contributed by atoms with Crippen molar-refractivity contribution in [3.8, 4) is 0 Å². The standard InChI is InChI=1S/C8H15ClN2O/c1-11(8(12)5-9)7-3-2-4-10-6-7/h7,10H,2-6H2,1H3/t7-/m0/s1. The van der Waals surface area contributed by atoms with Gasteiger partial charge in [-0.25, -0.2) is 0 Å². The molecule has 1 fully saturated rings. The number of amides is 1. The number of likely N-dealkylation sites (N-methyl/N-ethyl adjacent to an activating group) is 1. The predicted molar refractivity (Wildman–Crippen MR) is 49.4 cm³/mol. The summed E-state index contributed by atoms with van der Waals surface area (Å²) in [5, 5.41) is 3.26. The van der Waals surface area contributed by atoms with Crippen LogP contribution in [0.25, 0.3) is 0 Å². The Labute approximate surface area is 78.1 Å². The first-order valence-corrected chi connectivity index (χ1v) is 4.81. The number of nitrogens with one attached hydrogen (secondary N) is 1. The zero-order valence-corrected chi connectivity index (χ0v) is 8.10. The van der Waals surface area contributed by atoms with Crippen LogP contribution in [0.4, 0.5) is 0 Å². The van der Waals surface area contributed by atoms with Crippen molar-refractivity contribution >= 4 is 17.5 Å². The molecular weight excluding hydrogens is 176 g/mol. The molecule has 0 aliphatic carbocycles. The van der Waals surface area contributed by atoms with Crippen molar-refractivity contribution in [2.45, 2.75) is 18.9 Å². The van der Waals surface area contributed by atoms with Gasteiger partial charge in [-0.1, -0.05) is 0 Å². The molecule has 1 amide bonds. The summed E-state index contributed by atoms with van der Waals surface area (Å²) in [6.07, 6.45) is 2.23. The number of alkyl halides is 1. The Bertz CT molecular complexity index is 157. The van der Waals surface area contributed by atoms with Crippen molar-refractivity contribution in [1.29, 1.82) is 0 Å². The smallest absolute Gasteiger partial charge is 0.237 e.